The lowest BCUT2D eigenvalue weighted by molar-refractivity contribution is -0.647. The van der Waals surface area contributed by atoms with Crippen LogP contribution in [0.25, 0.3) is 49.9 Å². The molecule has 0 unspecified atom stereocenters. The molecule has 38 heavy (non-hydrogen) atoms. The van der Waals surface area contributed by atoms with Gasteiger partial charge in [0.1, 0.15) is 11.2 Å². The van der Waals surface area contributed by atoms with Crippen molar-refractivity contribution in [2.75, 3.05) is 7.05 Å². The van der Waals surface area contributed by atoms with E-state index in [1.807, 2.05) is 0 Å². The largest absolute Gasteiger partial charge is 0.298 e. The minimum absolute atomic E-state index is 0.945. The number of hydrogen-bond donors (Lipinski definition) is 0. The Balaban J connectivity index is 1.62. The van der Waals surface area contributed by atoms with Crippen molar-refractivity contribution in [2.24, 2.45) is 7.05 Å². The third-order valence-electron chi connectivity index (χ3n) is 8.28. The second kappa shape index (κ2) is 7.87. The van der Waals surface area contributed by atoms with Crippen LogP contribution in [0.2, 0.25) is 0 Å². The molecule has 0 bridgehead atoms. The molecule has 2 aliphatic rings. The van der Waals surface area contributed by atoms with E-state index >= 15 is 0 Å². The van der Waals surface area contributed by atoms with Crippen LogP contribution in [0.3, 0.4) is 0 Å². The van der Waals surface area contributed by atoms with Crippen LogP contribution in [-0.4, -0.2) is 22.0 Å². The molecule has 2 aromatic heterocycles. The Morgan fingerprint density at radius 2 is 1.24 bits per heavy atom. The molecule has 3 nitrogen and oxygen atoms in total. The third-order valence-corrected chi connectivity index (χ3v) is 8.28. The molecule has 0 fully saturated rings. The number of para-hydroxylation sites is 1. The van der Waals surface area contributed by atoms with E-state index in [0.29, 0.717) is 0 Å². The van der Waals surface area contributed by atoms with E-state index in [9.17, 15) is 0 Å². The van der Waals surface area contributed by atoms with Crippen molar-refractivity contribution < 1.29 is 9.14 Å². The number of pyridine rings is 1. The summed E-state index contributed by atoms with van der Waals surface area (Å²) >= 11 is 0. The first-order valence-corrected chi connectivity index (χ1v) is 13.2. The Kier molecular flexibility index (Phi) is 4.42. The van der Waals surface area contributed by atoms with E-state index in [1.165, 1.54) is 72.4 Å². The maximum absolute atomic E-state index is 2.47. The molecule has 3 heterocycles. The number of nitrogens with zero attached hydrogens (tertiary/aromatic N) is 3. The molecule has 4 aromatic carbocycles. The molecule has 6 aromatic rings. The van der Waals surface area contributed by atoms with Crippen molar-refractivity contribution in [3.8, 4) is 22.3 Å². The number of fused-ring (bicyclic) bond motifs is 7. The van der Waals surface area contributed by atoms with Crippen LogP contribution >= 0.6 is 0 Å². The smallest absolute Gasteiger partial charge is 0.236 e. The summed E-state index contributed by atoms with van der Waals surface area (Å²) in [6.07, 6.45) is 5.50. The summed E-state index contributed by atoms with van der Waals surface area (Å²) < 4.78 is 7.15. The molecular formula is C35H27N3+2. The van der Waals surface area contributed by atoms with Crippen molar-refractivity contribution in [1.82, 2.24) is 4.57 Å². The molecule has 0 N–H and O–H groups in total. The Bertz CT molecular complexity index is 2020. The molecule has 0 atom stereocenters. The molecule has 0 saturated heterocycles. The van der Waals surface area contributed by atoms with Gasteiger partial charge >= 0.3 is 0 Å². The molecule has 0 saturated carbocycles. The van der Waals surface area contributed by atoms with Gasteiger partial charge in [-0.3, -0.25) is 0 Å². The fourth-order valence-corrected chi connectivity index (χ4v) is 6.66. The maximum Gasteiger partial charge on any atom is 0.298 e. The van der Waals surface area contributed by atoms with Gasteiger partial charge in [0.2, 0.25) is 0 Å². The topological polar surface area (TPSA) is 11.8 Å². The van der Waals surface area contributed by atoms with E-state index in [0.717, 1.165) is 6.42 Å². The van der Waals surface area contributed by atoms with Crippen molar-refractivity contribution >= 4 is 33.5 Å². The number of rotatable bonds is 0. The van der Waals surface area contributed by atoms with Gasteiger partial charge in [-0.05, 0) is 70.6 Å². The van der Waals surface area contributed by atoms with Crippen molar-refractivity contribution in [1.29, 1.82) is 0 Å². The number of allylic oxidation sites excluding steroid dienone is 1. The highest BCUT2D eigenvalue weighted by Gasteiger charge is 2.34. The summed E-state index contributed by atoms with van der Waals surface area (Å²) in [5, 5.41) is 2.52. The highest BCUT2D eigenvalue weighted by Crippen LogP contribution is 2.43. The van der Waals surface area contributed by atoms with E-state index < -0.39 is 0 Å². The highest BCUT2D eigenvalue weighted by atomic mass is 15.2. The molecule has 1 aliphatic heterocycles. The average Bonchev–Trinajstić information content (AvgIpc) is 3.55. The molecule has 0 radical (unpaired) electrons. The van der Waals surface area contributed by atoms with Gasteiger partial charge in [-0.1, -0.05) is 72.8 Å². The van der Waals surface area contributed by atoms with Gasteiger partial charge < -0.3 is 0 Å². The number of aryl methyl sites for hydroxylation is 1. The number of aromatic nitrogens is 2. The van der Waals surface area contributed by atoms with Crippen LogP contribution in [0.5, 0.6) is 0 Å². The van der Waals surface area contributed by atoms with Crippen LogP contribution < -0.4 is 4.57 Å². The summed E-state index contributed by atoms with van der Waals surface area (Å²) in [4.78, 5) is 0. The fraction of sp³-hybridized carbons (Fsp3) is 0.0857. The van der Waals surface area contributed by atoms with Crippen molar-refractivity contribution in [3.05, 3.63) is 132 Å². The third kappa shape index (κ3) is 2.79. The molecule has 180 valence electrons. The first-order valence-electron chi connectivity index (χ1n) is 13.2. The molecule has 1 aliphatic carbocycles. The van der Waals surface area contributed by atoms with E-state index in [-0.39, 0.29) is 0 Å². The monoisotopic (exact) mass is 489 g/mol. The second-order valence-corrected chi connectivity index (χ2v) is 10.3. The predicted molar refractivity (Wildman–Crippen MR) is 155 cm³/mol. The summed E-state index contributed by atoms with van der Waals surface area (Å²) in [6, 6.07) is 37.7. The molecular weight excluding hydrogens is 462 g/mol. The van der Waals surface area contributed by atoms with Crippen LogP contribution in [0.15, 0.2) is 115 Å². The van der Waals surface area contributed by atoms with Gasteiger partial charge in [0.05, 0.1) is 31.2 Å². The average molecular weight is 490 g/mol. The van der Waals surface area contributed by atoms with Gasteiger partial charge in [0.25, 0.3) is 11.5 Å². The van der Waals surface area contributed by atoms with Gasteiger partial charge in [-0.25, -0.2) is 9.14 Å². The molecule has 3 heteroatoms. The van der Waals surface area contributed by atoms with Gasteiger partial charge in [0.15, 0.2) is 0 Å². The van der Waals surface area contributed by atoms with Crippen LogP contribution in [0.1, 0.15) is 16.7 Å². The van der Waals surface area contributed by atoms with Gasteiger partial charge in [-0.2, -0.15) is 4.57 Å². The van der Waals surface area contributed by atoms with Crippen molar-refractivity contribution in [2.45, 2.75) is 6.42 Å². The summed E-state index contributed by atoms with van der Waals surface area (Å²) in [5.41, 5.74) is 12.7. The predicted octanol–water partition coefficient (Wildman–Crippen LogP) is 6.80. The minimum Gasteiger partial charge on any atom is -0.236 e. The fourth-order valence-electron chi connectivity index (χ4n) is 6.66. The van der Waals surface area contributed by atoms with Gasteiger partial charge in [-0.15, -0.1) is 0 Å². The van der Waals surface area contributed by atoms with E-state index in [2.05, 4.69) is 143 Å². The minimum atomic E-state index is 0.945. The first-order chi connectivity index (χ1) is 18.7. The Labute approximate surface area is 221 Å². The summed E-state index contributed by atoms with van der Waals surface area (Å²) in [7, 11) is 4.39. The lowest BCUT2D eigenvalue weighted by Gasteiger charge is -2.14. The van der Waals surface area contributed by atoms with Gasteiger partial charge in [0, 0.05) is 10.9 Å². The Morgan fingerprint density at radius 3 is 2.05 bits per heavy atom. The SMILES string of the molecule is C[N+]1=C(n2c3ccccc3c3ccc[n+](C)c32)c2ccccc2-c2ccccc2-c2cccc3c2C1=CC3. The first kappa shape index (κ1) is 21.3. The lowest BCUT2D eigenvalue weighted by atomic mass is 9.89. The van der Waals surface area contributed by atoms with E-state index in [4.69, 9.17) is 0 Å². The zero-order chi connectivity index (χ0) is 25.4. The molecule has 0 amide bonds. The normalized spacial score (nSPS) is 14.0. The van der Waals surface area contributed by atoms with Crippen LogP contribution in [0.4, 0.5) is 0 Å². The maximum atomic E-state index is 2.47. The Morgan fingerprint density at radius 1 is 0.605 bits per heavy atom. The second-order valence-electron chi connectivity index (χ2n) is 10.3. The summed E-state index contributed by atoms with van der Waals surface area (Å²) in [6.45, 7) is 0. The van der Waals surface area contributed by atoms with Crippen LogP contribution in [0, 0.1) is 0 Å². The number of hydrogen-bond acceptors (Lipinski definition) is 0. The molecule has 0 spiro atoms. The highest BCUT2D eigenvalue weighted by molar-refractivity contribution is 6.17. The lowest BCUT2D eigenvalue weighted by Crippen LogP contribution is -2.34. The van der Waals surface area contributed by atoms with Crippen LogP contribution in [-0.2, 0) is 13.5 Å². The summed E-state index contributed by atoms with van der Waals surface area (Å²) in [5.74, 6) is 1.17. The standard InChI is InChI=1S/C35H27N3/c1-36-22-10-18-30-27-15-7-8-19-31(27)38(34(30)36)35-29-16-6-5-14-26(29)24-12-3-4-13-25(24)28-17-9-11-23-20-21-32(33(23)28)37(35)2/h3-19,21-22H,20H2,1-2H3/q+2. The number of benzene rings is 4. The quantitative estimate of drug-likeness (QED) is 0.208. The van der Waals surface area contributed by atoms with Crippen molar-refractivity contribution in [3.63, 3.8) is 0 Å². The zero-order valence-corrected chi connectivity index (χ0v) is 21.5. The van der Waals surface area contributed by atoms with E-state index in [1.54, 1.807) is 0 Å². The Hall–Kier alpha value is -4.76. The molecule has 8 rings (SSSR count). The zero-order valence-electron chi connectivity index (χ0n) is 21.5.